The third-order valence-corrected chi connectivity index (χ3v) is 7.47. The van der Waals surface area contributed by atoms with Gasteiger partial charge in [0.05, 0.1) is 16.8 Å². The van der Waals surface area contributed by atoms with Crippen molar-refractivity contribution in [1.82, 2.24) is 19.7 Å². The average molecular weight is 395 g/mol. The van der Waals surface area contributed by atoms with Gasteiger partial charge in [-0.3, -0.25) is 4.79 Å². The van der Waals surface area contributed by atoms with Gasteiger partial charge in [-0.15, -0.1) is 10.2 Å². The van der Waals surface area contributed by atoms with Crippen LogP contribution in [0.2, 0.25) is 0 Å². The van der Waals surface area contributed by atoms with E-state index < -0.39 is 9.84 Å². The van der Waals surface area contributed by atoms with Crippen molar-refractivity contribution in [3.8, 4) is 11.4 Å². The van der Waals surface area contributed by atoms with Crippen LogP contribution in [-0.4, -0.2) is 63.8 Å². The fraction of sp³-hybridized carbons (Fsp3) is 0.471. The number of carbonyl (C=O) groups is 1. The Balaban J connectivity index is 1.69. The van der Waals surface area contributed by atoms with Crippen LogP contribution in [-0.2, 0) is 21.7 Å². The zero-order chi connectivity index (χ0) is 18.9. The topological polar surface area (TPSA) is 85.2 Å². The summed E-state index contributed by atoms with van der Waals surface area (Å²) in [6.07, 6.45) is 0.504. The first-order valence-corrected chi connectivity index (χ1v) is 11.1. The van der Waals surface area contributed by atoms with Crippen molar-refractivity contribution in [2.75, 3.05) is 18.6 Å². The molecule has 0 saturated carbocycles. The molecule has 1 aromatic carbocycles. The van der Waals surface area contributed by atoms with Gasteiger partial charge in [-0.2, -0.15) is 0 Å². The van der Waals surface area contributed by atoms with Gasteiger partial charge in [0.2, 0.25) is 5.91 Å². The summed E-state index contributed by atoms with van der Waals surface area (Å²) >= 11 is 1.33. The molecule has 0 N–H and O–H groups in total. The van der Waals surface area contributed by atoms with Gasteiger partial charge in [0.15, 0.2) is 20.8 Å². The lowest BCUT2D eigenvalue weighted by atomic mass is 10.2. The van der Waals surface area contributed by atoms with Gasteiger partial charge in [0.1, 0.15) is 0 Å². The van der Waals surface area contributed by atoms with Crippen LogP contribution in [0, 0.1) is 0 Å². The first kappa shape index (κ1) is 18.9. The lowest BCUT2D eigenvalue weighted by molar-refractivity contribution is -0.130. The number of aromatic nitrogens is 3. The number of rotatable bonds is 5. The summed E-state index contributed by atoms with van der Waals surface area (Å²) in [6.45, 7) is 1.81. The number of hydrogen-bond acceptors (Lipinski definition) is 6. The molecule has 2 aromatic rings. The van der Waals surface area contributed by atoms with Gasteiger partial charge in [-0.25, -0.2) is 8.42 Å². The van der Waals surface area contributed by atoms with Gasteiger partial charge in [-0.1, -0.05) is 42.1 Å². The predicted molar refractivity (Wildman–Crippen MR) is 102 cm³/mol. The maximum absolute atomic E-state index is 12.7. The van der Waals surface area contributed by atoms with E-state index in [4.69, 9.17) is 0 Å². The Morgan fingerprint density at radius 2 is 2.00 bits per heavy atom. The fourth-order valence-electron chi connectivity index (χ4n) is 3.01. The van der Waals surface area contributed by atoms with Crippen LogP contribution < -0.4 is 0 Å². The maximum atomic E-state index is 12.7. The summed E-state index contributed by atoms with van der Waals surface area (Å²) in [4.78, 5) is 14.3. The van der Waals surface area contributed by atoms with Crippen molar-refractivity contribution >= 4 is 27.5 Å². The lowest BCUT2D eigenvalue weighted by Gasteiger charge is -2.26. The molecule has 1 saturated heterocycles. The van der Waals surface area contributed by atoms with Crippen LogP contribution >= 0.6 is 11.8 Å². The Morgan fingerprint density at radius 1 is 1.31 bits per heavy atom. The Morgan fingerprint density at radius 3 is 2.62 bits per heavy atom. The van der Waals surface area contributed by atoms with Crippen LogP contribution in [0.4, 0.5) is 0 Å². The number of hydrogen-bond donors (Lipinski definition) is 0. The van der Waals surface area contributed by atoms with Gasteiger partial charge < -0.3 is 9.47 Å². The van der Waals surface area contributed by atoms with E-state index in [2.05, 4.69) is 10.2 Å². The van der Waals surface area contributed by atoms with E-state index >= 15 is 0 Å². The van der Waals surface area contributed by atoms with Gasteiger partial charge in [-0.05, 0) is 13.3 Å². The van der Waals surface area contributed by atoms with Gasteiger partial charge >= 0.3 is 0 Å². The number of carbonyl (C=O) groups excluding carboxylic acids is 1. The molecule has 1 aliphatic heterocycles. The third-order valence-electron chi connectivity index (χ3n) is 4.60. The van der Waals surface area contributed by atoms with Crippen LogP contribution in [0.1, 0.15) is 13.3 Å². The predicted octanol–water partition coefficient (Wildman–Crippen LogP) is 1.61. The summed E-state index contributed by atoms with van der Waals surface area (Å²) in [6, 6.07) is 9.49. The Kier molecular flexibility index (Phi) is 5.38. The summed E-state index contributed by atoms with van der Waals surface area (Å²) in [5.74, 6) is 0.847. The molecule has 0 spiro atoms. The summed E-state index contributed by atoms with van der Waals surface area (Å²) in [5, 5.41) is 8.70. The number of sulfone groups is 1. The molecular formula is C17H22N4O3S2. The largest absolute Gasteiger partial charge is 0.341 e. The Labute approximate surface area is 157 Å². The molecule has 0 radical (unpaired) electrons. The van der Waals surface area contributed by atoms with Crippen molar-refractivity contribution < 1.29 is 13.2 Å². The number of benzene rings is 1. The minimum Gasteiger partial charge on any atom is -0.341 e. The van der Waals surface area contributed by atoms with Crippen LogP contribution in [0.3, 0.4) is 0 Å². The molecule has 1 fully saturated rings. The Bertz CT molecular complexity index is 896. The van der Waals surface area contributed by atoms with Crippen molar-refractivity contribution in [2.24, 2.45) is 7.05 Å². The first-order valence-electron chi connectivity index (χ1n) is 8.37. The summed E-state index contributed by atoms with van der Waals surface area (Å²) in [5.41, 5.74) is 0.960. The van der Waals surface area contributed by atoms with Crippen molar-refractivity contribution in [2.45, 2.75) is 29.8 Å². The molecule has 9 heteroatoms. The second kappa shape index (κ2) is 7.40. The molecule has 0 aliphatic carbocycles. The van der Waals surface area contributed by atoms with Gasteiger partial charge in [0, 0.05) is 25.7 Å². The maximum Gasteiger partial charge on any atom is 0.235 e. The highest BCUT2D eigenvalue weighted by Crippen LogP contribution is 2.27. The number of nitrogens with zero attached hydrogens (tertiary/aromatic N) is 4. The van der Waals surface area contributed by atoms with E-state index in [-0.39, 0.29) is 28.7 Å². The molecular weight excluding hydrogens is 372 g/mol. The number of amides is 1. The standard InChI is InChI=1S/C17H22N4O3S2/c1-12(16(22)20(2)14-9-10-26(23,24)11-14)25-17-19-18-15(21(17)3)13-7-5-4-6-8-13/h4-8,12,14H,9-11H2,1-3H3/t12-,14-/m1/s1. The molecule has 2 heterocycles. The molecule has 1 aliphatic rings. The summed E-state index contributed by atoms with van der Waals surface area (Å²) in [7, 11) is 0.528. The molecule has 2 atom stereocenters. The fourth-order valence-corrected chi connectivity index (χ4v) is 5.70. The smallest absolute Gasteiger partial charge is 0.235 e. The van der Waals surface area contributed by atoms with E-state index in [9.17, 15) is 13.2 Å². The third kappa shape index (κ3) is 3.93. The van der Waals surface area contributed by atoms with E-state index in [1.807, 2.05) is 48.9 Å². The van der Waals surface area contributed by atoms with E-state index in [1.165, 1.54) is 11.8 Å². The molecule has 3 rings (SSSR count). The highest BCUT2D eigenvalue weighted by molar-refractivity contribution is 8.00. The Hall–Kier alpha value is -1.87. The minimum atomic E-state index is -3.02. The quantitative estimate of drug-likeness (QED) is 0.716. The van der Waals surface area contributed by atoms with Crippen molar-refractivity contribution in [3.05, 3.63) is 30.3 Å². The van der Waals surface area contributed by atoms with Crippen LogP contribution in [0.15, 0.2) is 35.5 Å². The summed E-state index contributed by atoms with van der Waals surface area (Å²) < 4.78 is 25.2. The highest BCUT2D eigenvalue weighted by atomic mass is 32.2. The molecule has 7 nitrogen and oxygen atoms in total. The zero-order valence-corrected chi connectivity index (χ0v) is 16.6. The van der Waals surface area contributed by atoms with Crippen LogP contribution in [0.25, 0.3) is 11.4 Å². The zero-order valence-electron chi connectivity index (χ0n) is 15.0. The van der Waals surface area contributed by atoms with E-state index in [0.29, 0.717) is 11.6 Å². The van der Waals surface area contributed by atoms with E-state index in [0.717, 1.165) is 11.4 Å². The molecule has 0 bridgehead atoms. The normalized spacial score (nSPS) is 20.0. The second-order valence-electron chi connectivity index (χ2n) is 6.50. The average Bonchev–Trinajstić information content (AvgIpc) is 3.17. The van der Waals surface area contributed by atoms with Crippen molar-refractivity contribution in [1.29, 1.82) is 0 Å². The first-order chi connectivity index (χ1) is 12.3. The molecule has 26 heavy (non-hydrogen) atoms. The molecule has 140 valence electrons. The monoisotopic (exact) mass is 394 g/mol. The van der Waals surface area contributed by atoms with E-state index in [1.54, 1.807) is 11.9 Å². The minimum absolute atomic E-state index is 0.0503. The van der Waals surface area contributed by atoms with Crippen molar-refractivity contribution in [3.63, 3.8) is 0 Å². The molecule has 1 amide bonds. The SMILES string of the molecule is C[C@@H](Sc1nnc(-c2ccccc2)n1C)C(=O)N(C)[C@@H]1CCS(=O)(=O)C1. The highest BCUT2D eigenvalue weighted by Gasteiger charge is 2.34. The van der Waals surface area contributed by atoms with Crippen LogP contribution in [0.5, 0.6) is 0 Å². The molecule has 1 aromatic heterocycles. The molecule has 0 unspecified atom stereocenters. The lowest BCUT2D eigenvalue weighted by Crippen LogP contribution is -2.41. The second-order valence-corrected chi connectivity index (χ2v) is 10.0. The number of thioether (sulfide) groups is 1. The van der Waals surface area contributed by atoms with Gasteiger partial charge in [0.25, 0.3) is 0 Å².